The van der Waals surface area contributed by atoms with Gasteiger partial charge in [0.1, 0.15) is 0 Å². The van der Waals surface area contributed by atoms with Gasteiger partial charge in [0, 0.05) is 0 Å². The topological polar surface area (TPSA) is 36.9 Å². The van der Waals surface area contributed by atoms with Crippen LogP contribution >= 0.6 is 0 Å². The maximum atomic E-state index is 7.40. The van der Waals surface area contributed by atoms with Crippen molar-refractivity contribution in [1.82, 2.24) is 0 Å². The molecule has 0 aliphatic rings. The summed E-state index contributed by atoms with van der Waals surface area (Å²) in [7, 11) is -3.04. The fourth-order valence-corrected chi connectivity index (χ4v) is 18.9. The zero-order valence-corrected chi connectivity index (χ0v) is 24.0. The second-order valence-electron chi connectivity index (χ2n) is 8.88. The minimum atomic E-state index is -4.60. The van der Waals surface area contributed by atoms with Crippen molar-refractivity contribution in [2.45, 2.75) is 59.9 Å². The average Bonchev–Trinajstić information content (AvgIpc) is 2.78. The summed E-state index contributed by atoms with van der Waals surface area (Å²) >= 11 is -4.60. The van der Waals surface area contributed by atoms with Gasteiger partial charge in [-0.25, -0.2) is 0 Å². The average molecular weight is 544 g/mol. The fraction of sp³-hybridized carbons (Fsp3) is 0.333. The van der Waals surface area contributed by atoms with Crippen LogP contribution in [0.1, 0.15) is 41.5 Å². The van der Waals surface area contributed by atoms with Crippen LogP contribution in [0.15, 0.2) is 91.0 Å². The molecule has 0 spiro atoms. The molecular weight excluding hydrogens is 508 g/mol. The normalized spacial score (nSPS) is 12.6. The predicted octanol–water partition coefficient (Wildman–Crippen LogP) is 4.76. The first-order valence-corrected chi connectivity index (χ1v) is 17.6. The second-order valence-corrected chi connectivity index (χ2v) is 17.9. The van der Waals surface area contributed by atoms with E-state index < -0.39 is 30.3 Å². The summed E-state index contributed by atoms with van der Waals surface area (Å²) in [4.78, 5) is 0. The van der Waals surface area contributed by atoms with Crippen LogP contribution in [0.3, 0.4) is 0 Å². The van der Waals surface area contributed by atoms with Crippen LogP contribution in [0.4, 0.5) is 0 Å². The molecule has 0 heterocycles. The van der Waals surface area contributed by atoms with Crippen molar-refractivity contribution in [3.8, 4) is 0 Å². The summed E-state index contributed by atoms with van der Waals surface area (Å²) in [5, 5.41) is 3.40. The van der Waals surface area contributed by atoms with Crippen molar-refractivity contribution < 1.29 is 33.0 Å². The Morgan fingerprint density at radius 1 is 0.485 bits per heavy atom. The summed E-state index contributed by atoms with van der Waals surface area (Å²) in [6.45, 7) is 12.1. The molecule has 33 heavy (non-hydrogen) atoms. The Labute approximate surface area is 206 Å². The van der Waals surface area contributed by atoms with E-state index >= 15 is 0 Å². The Morgan fingerprint density at radius 3 is 1.00 bits per heavy atom. The molecule has 3 aromatic carbocycles. The van der Waals surface area contributed by atoms with Gasteiger partial charge in [-0.3, -0.25) is 0 Å². The Morgan fingerprint density at radius 2 is 0.758 bits per heavy atom. The summed E-state index contributed by atoms with van der Waals surface area (Å²) in [5.74, 6) is 0. The molecular formula is C27H36O4SiZr. The van der Waals surface area contributed by atoms with Gasteiger partial charge in [0.15, 0.2) is 0 Å². The molecule has 0 atom stereocenters. The molecule has 0 bridgehead atoms. The third kappa shape index (κ3) is 6.60. The third-order valence-corrected chi connectivity index (χ3v) is 18.7. The summed E-state index contributed by atoms with van der Waals surface area (Å²) in [6, 6.07) is 31.5. The molecule has 4 nitrogen and oxygen atoms in total. The van der Waals surface area contributed by atoms with Crippen molar-refractivity contribution >= 4 is 23.9 Å². The Bertz CT molecular complexity index is 842. The SMILES string of the molecule is CC(C)[O][Zr]([O]C(C)C)([O]C(C)C)[O][Si](c1ccccc1)(c1ccccc1)c1ccccc1. The van der Waals surface area contributed by atoms with E-state index in [-0.39, 0.29) is 18.3 Å². The van der Waals surface area contributed by atoms with Gasteiger partial charge in [0.05, 0.1) is 0 Å². The van der Waals surface area contributed by atoms with Crippen molar-refractivity contribution in [2.24, 2.45) is 0 Å². The van der Waals surface area contributed by atoms with Crippen LogP contribution in [-0.4, -0.2) is 26.6 Å². The molecule has 0 saturated heterocycles. The number of rotatable bonds is 11. The van der Waals surface area contributed by atoms with E-state index in [9.17, 15) is 0 Å². The maximum absolute atomic E-state index is 7.40. The Kier molecular flexibility index (Phi) is 9.40. The van der Waals surface area contributed by atoms with Crippen molar-refractivity contribution in [3.05, 3.63) is 91.0 Å². The van der Waals surface area contributed by atoms with E-state index in [1.54, 1.807) is 0 Å². The van der Waals surface area contributed by atoms with Crippen molar-refractivity contribution in [2.75, 3.05) is 0 Å². The van der Waals surface area contributed by atoms with Gasteiger partial charge in [-0.15, -0.1) is 0 Å². The third-order valence-electron chi connectivity index (χ3n) is 4.96. The number of hydrogen-bond acceptors (Lipinski definition) is 4. The van der Waals surface area contributed by atoms with E-state index in [1.807, 2.05) is 59.7 Å². The van der Waals surface area contributed by atoms with Gasteiger partial charge in [-0.1, -0.05) is 0 Å². The van der Waals surface area contributed by atoms with Gasteiger partial charge in [0.2, 0.25) is 0 Å². The van der Waals surface area contributed by atoms with Crippen LogP contribution in [0.25, 0.3) is 0 Å². The van der Waals surface area contributed by atoms with Crippen LogP contribution in [-0.2, 0) is 33.0 Å². The van der Waals surface area contributed by atoms with Gasteiger partial charge in [-0.05, 0) is 0 Å². The van der Waals surface area contributed by atoms with Crippen LogP contribution in [0.5, 0.6) is 0 Å². The van der Waals surface area contributed by atoms with E-state index in [2.05, 4.69) is 72.8 Å². The second kappa shape index (κ2) is 11.8. The molecule has 0 aromatic heterocycles. The summed E-state index contributed by atoms with van der Waals surface area (Å²) < 4.78 is 27.1. The van der Waals surface area contributed by atoms with Crippen LogP contribution < -0.4 is 15.6 Å². The van der Waals surface area contributed by atoms with E-state index in [0.717, 1.165) is 15.6 Å². The number of hydrogen-bond donors (Lipinski definition) is 0. The summed E-state index contributed by atoms with van der Waals surface area (Å²) in [5.41, 5.74) is 0. The standard InChI is InChI=1S/C18H15OSi.3C3H7O.Zr/c19-20(16-10-4-1-5-11-16,17-12-6-2-7-13-17)18-14-8-3-9-15-18;3*1-3(2)4;/h1-15H;3*3H,1-2H3;/q4*-1;+4. The molecule has 0 unspecified atom stereocenters. The molecule has 0 N–H and O–H groups in total. The quantitative estimate of drug-likeness (QED) is 0.258. The molecule has 176 valence electrons. The van der Waals surface area contributed by atoms with Crippen molar-refractivity contribution in [3.63, 3.8) is 0 Å². The zero-order valence-electron chi connectivity index (χ0n) is 20.5. The van der Waals surface area contributed by atoms with Crippen LogP contribution in [0, 0.1) is 0 Å². The fourth-order valence-electron chi connectivity index (χ4n) is 3.90. The first-order valence-electron chi connectivity index (χ1n) is 11.7. The Balaban J connectivity index is 2.33. The molecule has 0 amide bonds. The van der Waals surface area contributed by atoms with Crippen molar-refractivity contribution in [1.29, 1.82) is 0 Å². The monoisotopic (exact) mass is 542 g/mol. The number of benzene rings is 3. The van der Waals surface area contributed by atoms with Gasteiger partial charge >= 0.3 is 208 Å². The summed E-state index contributed by atoms with van der Waals surface area (Å²) in [6.07, 6.45) is -0.271. The Hall–Kier alpha value is -1.40. The van der Waals surface area contributed by atoms with E-state index in [1.165, 1.54) is 0 Å². The first-order chi connectivity index (χ1) is 15.8. The zero-order chi connectivity index (χ0) is 23.9. The van der Waals surface area contributed by atoms with E-state index in [4.69, 9.17) is 10.9 Å². The molecule has 0 saturated carbocycles. The molecule has 0 fully saturated rings. The minimum absolute atomic E-state index is 0.0904. The molecule has 0 aliphatic heterocycles. The van der Waals surface area contributed by atoms with Gasteiger partial charge < -0.3 is 0 Å². The molecule has 0 radical (unpaired) electrons. The molecule has 3 aromatic rings. The first kappa shape index (κ1) is 26.2. The van der Waals surface area contributed by atoms with Gasteiger partial charge in [-0.2, -0.15) is 0 Å². The van der Waals surface area contributed by atoms with E-state index in [0.29, 0.717) is 0 Å². The van der Waals surface area contributed by atoms with Crippen LogP contribution in [0.2, 0.25) is 0 Å². The predicted molar refractivity (Wildman–Crippen MR) is 134 cm³/mol. The molecule has 0 aliphatic carbocycles. The van der Waals surface area contributed by atoms with Gasteiger partial charge in [0.25, 0.3) is 0 Å². The molecule has 6 heteroatoms. The molecule has 3 rings (SSSR count).